The lowest BCUT2D eigenvalue weighted by atomic mass is 9.71. The molecular weight excluding hydrogens is 350 g/mol. The first-order chi connectivity index (χ1) is 13.4. The number of primary amides is 1. The summed E-state index contributed by atoms with van der Waals surface area (Å²) in [5.74, 6) is -1.04. The summed E-state index contributed by atoms with van der Waals surface area (Å²) in [6.45, 7) is 4.30. The highest BCUT2D eigenvalue weighted by atomic mass is 16.2. The molecule has 2 aromatic rings. The van der Waals surface area contributed by atoms with Crippen LogP contribution in [0.15, 0.2) is 42.6 Å². The molecule has 0 radical (unpaired) electrons. The molecule has 5 nitrogen and oxygen atoms in total. The van der Waals surface area contributed by atoms with Crippen LogP contribution >= 0.6 is 0 Å². The summed E-state index contributed by atoms with van der Waals surface area (Å²) in [5, 5.41) is 3.15. The number of hydrogen-bond acceptors (Lipinski definition) is 3. The molecule has 1 fully saturated rings. The van der Waals surface area contributed by atoms with Crippen LogP contribution in [0.2, 0.25) is 0 Å². The smallest absolute Gasteiger partial charge is 0.249 e. The van der Waals surface area contributed by atoms with Crippen LogP contribution in [0.1, 0.15) is 72.1 Å². The average Bonchev–Trinajstić information content (AvgIpc) is 2.72. The van der Waals surface area contributed by atoms with Gasteiger partial charge < -0.3 is 11.1 Å². The molecule has 1 aromatic carbocycles. The van der Waals surface area contributed by atoms with Crippen molar-refractivity contribution in [3.05, 3.63) is 65.0 Å². The first-order valence-corrected chi connectivity index (χ1v) is 10.0. The van der Waals surface area contributed by atoms with Crippen LogP contribution in [0, 0.1) is 6.92 Å². The normalized spacial score (nSPS) is 16.9. The van der Waals surface area contributed by atoms with Crippen LogP contribution in [-0.4, -0.2) is 23.3 Å². The molecule has 1 aliphatic rings. The Labute approximate surface area is 166 Å². The van der Waals surface area contributed by atoms with Crippen molar-refractivity contribution < 1.29 is 9.59 Å². The van der Waals surface area contributed by atoms with Crippen molar-refractivity contribution in [2.75, 3.05) is 6.54 Å². The monoisotopic (exact) mass is 379 g/mol. The summed E-state index contributed by atoms with van der Waals surface area (Å²) in [6.07, 6.45) is 7.38. The Kier molecular flexibility index (Phi) is 6.12. The van der Waals surface area contributed by atoms with Crippen molar-refractivity contribution in [1.82, 2.24) is 10.3 Å². The number of nitrogens with two attached hydrogens (primary N) is 1. The first-order valence-electron chi connectivity index (χ1n) is 10.0. The Bertz CT molecular complexity index is 842. The van der Waals surface area contributed by atoms with E-state index >= 15 is 0 Å². The number of benzene rings is 1. The minimum atomic E-state index is -0.504. The highest BCUT2D eigenvalue weighted by molar-refractivity contribution is 5.97. The first kappa shape index (κ1) is 20.1. The summed E-state index contributed by atoms with van der Waals surface area (Å²) in [7, 11) is 0. The standard InChI is InChI=1S/C23H29N3O2/c1-16-9-8-10-18(21(24)27)20(16)17(2)22(28)26-15-23(12-5-3-6-13-23)19-11-4-7-14-25-19/h4,7-11,14,17H,3,5-6,12-13,15H2,1-2H3,(H2,24,27)(H,26,28). The van der Waals surface area contributed by atoms with E-state index in [2.05, 4.69) is 16.4 Å². The largest absolute Gasteiger partial charge is 0.366 e. The van der Waals surface area contributed by atoms with Crippen LogP contribution in [-0.2, 0) is 10.2 Å². The van der Waals surface area contributed by atoms with Crippen LogP contribution in [0.3, 0.4) is 0 Å². The van der Waals surface area contributed by atoms with Crippen LogP contribution in [0.5, 0.6) is 0 Å². The number of pyridine rings is 1. The minimum Gasteiger partial charge on any atom is -0.366 e. The zero-order valence-electron chi connectivity index (χ0n) is 16.7. The predicted molar refractivity (Wildman–Crippen MR) is 110 cm³/mol. The quantitative estimate of drug-likeness (QED) is 0.804. The summed E-state index contributed by atoms with van der Waals surface area (Å²) >= 11 is 0. The van der Waals surface area contributed by atoms with Crippen molar-refractivity contribution in [1.29, 1.82) is 0 Å². The molecule has 0 bridgehead atoms. The van der Waals surface area contributed by atoms with E-state index in [9.17, 15) is 9.59 Å². The molecular formula is C23H29N3O2. The van der Waals surface area contributed by atoms with E-state index in [1.807, 2.05) is 38.2 Å². The zero-order chi connectivity index (χ0) is 20.1. The molecule has 3 rings (SSSR count). The zero-order valence-corrected chi connectivity index (χ0v) is 16.7. The van der Waals surface area contributed by atoms with Gasteiger partial charge in [-0.15, -0.1) is 0 Å². The molecule has 3 N–H and O–H groups in total. The molecule has 28 heavy (non-hydrogen) atoms. The fourth-order valence-electron chi connectivity index (χ4n) is 4.44. The van der Waals surface area contributed by atoms with E-state index in [-0.39, 0.29) is 11.3 Å². The van der Waals surface area contributed by atoms with Gasteiger partial charge in [-0.3, -0.25) is 14.6 Å². The van der Waals surface area contributed by atoms with Gasteiger partial charge in [-0.1, -0.05) is 37.5 Å². The van der Waals surface area contributed by atoms with E-state index in [0.717, 1.165) is 36.9 Å². The lowest BCUT2D eigenvalue weighted by molar-refractivity contribution is -0.122. The molecule has 0 spiro atoms. The Morgan fingerprint density at radius 2 is 1.89 bits per heavy atom. The Morgan fingerprint density at radius 3 is 2.54 bits per heavy atom. The van der Waals surface area contributed by atoms with Gasteiger partial charge in [0.25, 0.3) is 0 Å². The maximum atomic E-state index is 13.0. The molecule has 5 heteroatoms. The Balaban J connectivity index is 1.80. The second-order valence-corrected chi connectivity index (χ2v) is 7.90. The van der Waals surface area contributed by atoms with Gasteiger partial charge in [0, 0.05) is 29.4 Å². The molecule has 1 unspecified atom stereocenters. The molecule has 1 aliphatic carbocycles. The molecule has 2 amide bonds. The number of aryl methyl sites for hydroxylation is 1. The number of carbonyl (C=O) groups is 2. The number of aromatic nitrogens is 1. The molecule has 0 saturated heterocycles. The fourth-order valence-corrected chi connectivity index (χ4v) is 4.44. The van der Waals surface area contributed by atoms with Crippen molar-refractivity contribution >= 4 is 11.8 Å². The van der Waals surface area contributed by atoms with E-state index in [4.69, 9.17) is 5.73 Å². The molecule has 1 saturated carbocycles. The molecule has 148 valence electrons. The number of amides is 2. The summed E-state index contributed by atoms with van der Waals surface area (Å²) in [4.78, 5) is 29.4. The third-order valence-electron chi connectivity index (χ3n) is 6.04. The van der Waals surface area contributed by atoms with Gasteiger partial charge in [-0.25, -0.2) is 0 Å². The number of nitrogens with one attached hydrogen (secondary N) is 1. The highest BCUT2D eigenvalue weighted by Crippen LogP contribution is 2.38. The summed E-state index contributed by atoms with van der Waals surface area (Å²) in [5.41, 5.74) is 8.49. The van der Waals surface area contributed by atoms with Crippen molar-refractivity contribution in [2.45, 2.75) is 57.3 Å². The predicted octanol–water partition coefficient (Wildman–Crippen LogP) is 3.61. The second-order valence-electron chi connectivity index (χ2n) is 7.90. The summed E-state index contributed by atoms with van der Waals surface area (Å²) < 4.78 is 0. The van der Waals surface area contributed by atoms with E-state index in [0.29, 0.717) is 17.7 Å². The van der Waals surface area contributed by atoms with Gasteiger partial charge in [0.2, 0.25) is 11.8 Å². The fraction of sp³-hybridized carbons (Fsp3) is 0.435. The number of hydrogen-bond donors (Lipinski definition) is 2. The topological polar surface area (TPSA) is 85.1 Å². The van der Waals surface area contributed by atoms with Crippen molar-refractivity contribution in [3.8, 4) is 0 Å². The van der Waals surface area contributed by atoms with Crippen molar-refractivity contribution in [2.24, 2.45) is 5.73 Å². The maximum Gasteiger partial charge on any atom is 0.249 e. The van der Waals surface area contributed by atoms with Gasteiger partial charge in [0.1, 0.15) is 0 Å². The summed E-state index contributed by atoms with van der Waals surface area (Å²) in [6, 6.07) is 11.4. The van der Waals surface area contributed by atoms with Gasteiger partial charge >= 0.3 is 0 Å². The average molecular weight is 380 g/mol. The van der Waals surface area contributed by atoms with Crippen LogP contribution < -0.4 is 11.1 Å². The van der Waals surface area contributed by atoms with Gasteiger partial charge in [0.15, 0.2) is 0 Å². The van der Waals surface area contributed by atoms with E-state index < -0.39 is 11.8 Å². The van der Waals surface area contributed by atoms with Gasteiger partial charge in [-0.2, -0.15) is 0 Å². The van der Waals surface area contributed by atoms with E-state index in [1.165, 1.54) is 6.42 Å². The number of nitrogens with zero attached hydrogens (tertiary/aromatic N) is 1. The van der Waals surface area contributed by atoms with E-state index in [1.54, 1.807) is 12.1 Å². The Morgan fingerprint density at radius 1 is 1.14 bits per heavy atom. The molecule has 0 aliphatic heterocycles. The second kappa shape index (κ2) is 8.55. The molecule has 1 heterocycles. The number of carbonyl (C=O) groups excluding carboxylic acids is 2. The van der Waals surface area contributed by atoms with Crippen LogP contribution in [0.4, 0.5) is 0 Å². The lowest BCUT2D eigenvalue weighted by Gasteiger charge is -2.37. The Hall–Kier alpha value is -2.69. The molecule has 1 atom stereocenters. The van der Waals surface area contributed by atoms with Crippen LogP contribution in [0.25, 0.3) is 0 Å². The maximum absolute atomic E-state index is 13.0. The highest BCUT2D eigenvalue weighted by Gasteiger charge is 2.36. The third kappa shape index (κ3) is 4.08. The van der Waals surface area contributed by atoms with Gasteiger partial charge in [0.05, 0.1) is 5.92 Å². The third-order valence-corrected chi connectivity index (χ3v) is 6.04. The van der Waals surface area contributed by atoms with Gasteiger partial charge in [-0.05, 0) is 56.0 Å². The minimum absolute atomic E-state index is 0.0855. The van der Waals surface area contributed by atoms with Crippen molar-refractivity contribution in [3.63, 3.8) is 0 Å². The number of rotatable bonds is 6. The lowest BCUT2D eigenvalue weighted by Crippen LogP contribution is -2.44. The SMILES string of the molecule is Cc1cccc(C(N)=O)c1C(C)C(=O)NCC1(c2ccccn2)CCCCC1. The molecule has 1 aromatic heterocycles.